The van der Waals surface area contributed by atoms with Gasteiger partial charge in [0.25, 0.3) is 0 Å². The Bertz CT molecular complexity index is 757. The lowest BCUT2D eigenvalue weighted by molar-refractivity contribution is -0.137. The predicted molar refractivity (Wildman–Crippen MR) is 85.5 cm³/mol. The minimum absolute atomic E-state index is 0.0713. The van der Waals surface area contributed by atoms with Crippen LogP contribution in [0.1, 0.15) is 33.4 Å². The van der Waals surface area contributed by atoms with Crippen molar-refractivity contribution in [1.29, 1.82) is 0 Å². The number of rotatable bonds is 5. The number of benzene rings is 1. The summed E-state index contributed by atoms with van der Waals surface area (Å²) in [4.78, 5) is 16.1. The molecule has 0 saturated carbocycles. The van der Waals surface area contributed by atoms with E-state index in [-0.39, 0.29) is 5.56 Å². The Kier molecular flexibility index (Phi) is 5.55. The molecule has 0 fully saturated rings. The summed E-state index contributed by atoms with van der Waals surface area (Å²) in [6.07, 6.45) is -2.88. The Morgan fingerprint density at radius 3 is 2.75 bits per heavy atom. The Morgan fingerprint density at radius 1 is 1.42 bits per heavy atom. The summed E-state index contributed by atoms with van der Waals surface area (Å²) >= 11 is 1.03. The lowest BCUT2D eigenvalue weighted by Gasteiger charge is -2.08. The highest BCUT2D eigenvalue weighted by Crippen LogP contribution is 2.31. The van der Waals surface area contributed by atoms with Gasteiger partial charge in [0.1, 0.15) is 4.88 Å². The topological polar surface area (TPSA) is 63.6 Å². The quantitative estimate of drug-likeness (QED) is 0.500. The van der Waals surface area contributed by atoms with Gasteiger partial charge < -0.3 is 4.74 Å². The van der Waals surface area contributed by atoms with Crippen LogP contribution < -0.4 is 5.43 Å². The first-order chi connectivity index (χ1) is 11.4. The number of nitrogens with one attached hydrogen (secondary N) is 1. The summed E-state index contributed by atoms with van der Waals surface area (Å²) in [5.74, 6) is -0.510. The van der Waals surface area contributed by atoms with Crippen molar-refractivity contribution in [2.75, 3.05) is 12.5 Å². The van der Waals surface area contributed by atoms with E-state index in [9.17, 15) is 18.0 Å². The van der Waals surface area contributed by atoms with E-state index in [1.165, 1.54) is 25.3 Å². The molecule has 0 radical (unpaired) electrons. The van der Waals surface area contributed by atoms with E-state index in [1.54, 1.807) is 0 Å². The number of aryl methyl sites for hydroxylation is 1. The van der Waals surface area contributed by atoms with Crippen molar-refractivity contribution < 1.29 is 22.7 Å². The van der Waals surface area contributed by atoms with Crippen LogP contribution in [0.25, 0.3) is 0 Å². The fourth-order valence-corrected chi connectivity index (χ4v) is 2.84. The van der Waals surface area contributed by atoms with Crippen LogP contribution in [0.3, 0.4) is 0 Å². The van der Waals surface area contributed by atoms with Crippen LogP contribution in [-0.2, 0) is 17.3 Å². The summed E-state index contributed by atoms with van der Waals surface area (Å²) in [7, 11) is 1.26. The molecule has 128 valence electrons. The summed E-state index contributed by atoms with van der Waals surface area (Å²) in [6.45, 7) is 1.83. The molecule has 2 aromatic rings. The number of aromatic nitrogens is 1. The van der Waals surface area contributed by atoms with Crippen molar-refractivity contribution in [1.82, 2.24) is 4.98 Å². The zero-order chi connectivity index (χ0) is 17.7. The first-order valence-corrected chi connectivity index (χ1v) is 7.71. The van der Waals surface area contributed by atoms with Crippen molar-refractivity contribution >= 4 is 28.7 Å². The zero-order valence-corrected chi connectivity index (χ0v) is 13.7. The van der Waals surface area contributed by atoms with Crippen molar-refractivity contribution in [3.8, 4) is 0 Å². The fourth-order valence-electron chi connectivity index (χ4n) is 1.92. The molecule has 1 aromatic carbocycles. The molecule has 2 rings (SSSR count). The average Bonchev–Trinajstić information content (AvgIpc) is 2.97. The highest BCUT2D eigenvalue weighted by Gasteiger charge is 2.32. The van der Waals surface area contributed by atoms with Crippen LogP contribution in [0.2, 0.25) is 0 Å². The molecule has 0 spiro atoms. The molecule has 0 amide bonds. The molecule has 1 N–H and O–H groups in total. The summed E-state index contributed by atoms with van der Waals surface area (Å²) in [5.41, 5.74) is 2.24. The molecule has 1 heterocycles. The van der Waals surface area contributed by atoms with E-state index in [0.717, 1.165) is 23.6 Å². The molecule has 9 heteroatoms. The standard InChI is InChI=1S/C15H14F3N3O2S/c1-3-11-12(13(22)23-2)24-14(20-11)21-19-8-9-6-4-5-7-10(9)15(16,17)18/h4-8H,3H2,1-2H3,(H,20,21)/b19-8-. The fraction of sp³-hybridized carbons (Fsp3) is 0.267. The highest BCUT2D eigenvalue weighted by molar-refractivity contribution is 7.17. The van der Waals surface area contributed by atoms with Gasteiger partial charge in [-0.2, -0.15) is 18.3 Å². The second kappa shape index (κ2) is 7.43. The maximum atomic E-state index is 12.9. The van der Waals surface area contributed by atoms with Gasteiger partial charge in [-0.05, 0) is 12.5 Å². The van der Waals surface area contributed by atoms with Crippen LogP contribution in [0.4, 0.5) is 18.3 Å². The molecule has 0 aliphatic heterocycles. The largest absolute Gasteiger partial charge is 0.465 e. The van der Waals surface area contributed by atoms with Crippen LogP contribution >= 0.6 is 11.3 Å². The van der Waals surface area contributed by atoms with Crippen LogP contribution in [-0.4, -0.2) is 24.3 Å². The molecule has 0 atom stereocenters. The normalized spacial score (nSPS) is 11.7. The van der Waals surface area contributed by atoms with Gasteiger partial charge in [0.2, 0.25) is 5.13 Å². The Balaban J connectivity index is 2.19. The van der Waals surface area contributed by atoms with E-state index in [2.05, 4.69) is 20.2 Å². The van der Waals surface area contributed by atoms with E-state index in [1.807, 2.05) is 6.92 Å². The zero-order valence-electron chi connectivity index (χ0n) is 12.8. The van der Waals surface area contributed by atoms with Crippen LogP contribution in [0.5, 0.6) is 0 Å². The Hall–Kier alpha value is -2.42. The summed E-state index contributed by atoms with van der Waals surface area (Å²) in [5, 5.41) is 4.08. The van der Waals surface area contributed by atoms with Crippen molar-refractivity contribution in [2.24, 2.45) is 5.10 Å². The van der Waals surface area contributed by atoms with Crippen LogP contribution in [0, 0.1) is 0 Å². The van der Waals surface area contributed by atoms with Gasteiger partial charge in [-0.3, -0.25) is 5.43 Å². The first kappa shape index (κ1) is 17.9. The summed E-state index contributed by atoms with van der Waals surface area (Å²) < 4.78 is 43.3. The van der Waals surface area contributed by atoms with Gasteiger partial charge >= 0.3 is 12.1 Å². The summed E-state index contributed by atoms with van der Waals surface area (Å²) in [6, 6.07) is 5.09. The van der Waals surface area contributed by atoms with Crippen molar-refractivity contribution in [2.45, 2.75) is 19.5 Å². The third-order valence-electron chi connectivity index (χ3n) is 3.03. The first-order valence-electron chi connectivity index (χ1n) is 6.90. The predicted octanol–water partition coefficient (Wildman–Crippen LogP) is 3.96. The van der Waals surface area contributed by atoms with E-state index < -0.39 is 17.7 Å². The third kappa shape index (κ3) is 4.10. The number of anilines is 1. The number of hydrogen-bond acceptors (Lipinski definition) is 6. The average molecular weight is 357 g/mol. The SMILES string of the molecule is CCc1nc(N/N=C\c2ccccc2C(F)(F)F)sc1C(=O)OC. The number of esters is 1. The molecule has 0 unspecified atom stereocenters. The van der Waals surface area contributed by atoms with Crippen molar-refractivity contribution in [3.63, 3.8) is 0 Å². The number of ether oxygens (including phenoxy) is 1. The Labute approximate surface area is 140 Å². The van der Waals surface area contributed by atoms with Crippen LogP contribution in [0.15, 0.2) is 29.4 Å². The number of nitrogens with zero attached hydrogens (tertiary/aromatic N) is 2. The number of alkyl halides is 3. The number of halogens is 3. The Morgan fingerprint density at radius 2 is 2.12 bits per heavy atom. The highest BCUT2D eigenvalue weighted by atomic mass is 32.1. The lowest BCUT2D eigenvalue weighted by Crippen LogP contribution is -2.08. The van der Waals surface area contributed by atoms with Gasteiger partial charge in [0, 0.05) is 5.56 Å². The molecule has 0 aliphatic carbocycles. The molecular formula is C15H14F3N3O2S. The maximum absolute atomic E-state index is 12.9. The maximum Gasteiger partial charge on any atom is 0.417 e. The molecule has 0 saturated heterocycles. The number of thiazole rings is 1. The van der Waals surface area contributed by atoms with Gasteiger partial charge in [-0.15, -0.1) is 0 Å². The third-order valence-corrected chi connectivity index (χ3v) is 4.02. The minimum atomic E-state index is -4.46. The molecule has 0 bridgehead atoms. The smallest absolute Gasteiger partial charge is 0.417 e. The van der Waals surface area contributed by atoms with Gasteiger partial charge in [-0.1, -0.05) is 36.5 Å². The van der Waals surface area contributed by atoms with Crippen molar-refractivity contribution in [3.05, 3.63) is 46.0 Å². The lowest BCUT2D eigenvalue weighted by atomic mass is 10.1. The van der Waals surface area contributed by atoms with E-state index in [4.69, 9.17) is 0 Å². The number of carbonyl (C=O) groups is 1. The molecular weight excluding hydrogens is 343 g/mol. The molecule has 1 aromatic heterocycles. The second-order valence-corrected chi connectivity index (χ2v) is 5.59. The van der Waals surface area contributed by atoms with Gasteiger partial charge in [0.05, 0.1) is 24.6 Å². The number of hydrazone groups is 1. The molecule has 5 nitrogen and oxygen atoms in total. The number of hydrogen-bond donors (Lipinski definition) is 1. The van der Waals surface area contributed by atoms with E-state index in [0.29, 0.717) is 22.1 Å². The number of carbonyl (C=O) groups excluding carboxylic acids is 1. The minimum Gasteiger partial charge on any atom is -0.465 e. The molecule has 0 aliphatic rings. The second-order valence-electron chi connectivity index (χ2n) is 4.59. The number of methoxy groups -OCH3 is 1. The molecule has 24 heavy (non-hydrogen) atoms. The van der Waals surface area contributed by atoms with Gasteiger partial charge in [-0.25, -0.2) is 9.78 Å². The monoisotopic (exact) mass is 357 g/mol. The van der Waals surface area contributed by atoms with E-state index >= 15 is 0 Å². The van der Waals surface area contributed by atoms with Gasteiger partial charge in [0.15, 0.2) is 0 Å².